The average molecular weight is 812 g/mol. The lowest BCUT2D eigenvalue weighted by atomic mass is 10.1. The van der Waals surface area contributed by atoms with Crippen LogP contribution < -0.4 is 15.1 Å². The van der Waals surface area contributed by atoms with Crippen LogP contribution in [0.25, 0.3) is 44.6 Å². The number of phenolic OH excluding ortho intramolecular Hbond substituents is 2. The molecule has 0 saturated carbocycles. The van der Waals surface area contributed by atoms with Crippen LogP contribution in [0.2, 0.25) is 0 Å². The van der Waals surface area contributed by atoms with Gasteiger partial charge in [0.2, 0.25) is 0 Å². The predicted molar refractivity (Wildman–Crippen MR) is 226 cm³/mol. The van der Waals surface area contributed by atoms with Crippen LogP contribution >= 0.6 is 0 Å². The van der Waals surface area contributed by atoms with Gasteiger partial charge in [0, 0.05) is 81.1 Å². The van der Waals surface area contributed by atoms with E-state index in [1.165, 1.54) is 36.4 Å². The number of aryl methyl sites for hydroxylation is 2. The maximum atomic E-state index is 14.6. The maximum Gasteiger partial charge on any atom is 0.410 e. The molecular weight excluding hydrogens is 769 g/mol. The summed E-state index contributed by atoms with van der Waals surface area (Å²) in [7, 11) is 0. The van der Waals surface area contributed by atoms with Crippen molar-refractivity contribution in [3.63, 3.8) is 0 Å². The van der Waals surface area contributed by atoms with Crippen LogP contribution in [0.1, 0.15) is 16.7 Å². The molecule has 0 radical (unpaired) electrons. The molecule has 13 nitrogen and oxygen atoms in total. The van der Waals surface area contributed by atoms with E-state index in [4.69, 9.17) is 4.74 Å². The van der Waals surface area contributed by atoms with E-state index in [9.17, 15) is 23.8 Å². The minimum absolute atomic E-state index is 0.0326. The van der Waals surface area contributed by atoms with Gasteiger partial charge in [-0.2, -0.15) is 0 Å². The molecule has 60 heavy (non-hydrogen) atoms. The number of phenols is 2. The number of benzene rings is 4. The fourth-order valence-electron chi connectivity index (χ4n) is 7.32. The van der Waals surface area contributed by atoms with Gasteiger partial charge in [-0.3, -0.25) is 4.98 Å². The van der Waals surface area contributed by atoms with Gasteiger partial charge in [0.05, 0.1) is 22.2 Å². The van der Waals surface area contributed by atoms with E-state index in [0.29, 0.717) is 37.5 Å². The molecule has 306 valence electrons. The summed E-state index contributed by atoms with van der Waals surface area (Å²) >= 11 is 0. The Hall–Kier alpha value is -7.00. The van der Waals surface area contributed by atoms with Gasteiger partial charge in [-0.05, 0) is 79.6 Å². The van der Waals surface area contributed by atoms with Crippen molar-refractivity contribution in [3.8, 4) is 34.3 Å². The summed E-state index contributed by atoms with van der Waals surface area (Å²) in [6, 6.07) is 23.8. The van der Waals surface area contributed by atoms with Crippen LogP contribution in [0.4, 0.5) is 25.2 Å². The molecule has 15 heteroatoms. The van der Waals surface area contributed by atoms with E-state index >= 15 is 0 Å². The fourth-order valence-corrected chi connectivity index (χ4v) is 7.32. The van der Waals surface area contributed by atoms with Crippen LogP contribution in [0, 0.1) is 25.5 Å². The summed E-state index contributed by atoms with van der Waals surface area (Å²) in [4.78, 5) is 40.8. The third kappa shape index (κ3) is 8.57. The van der Waals surface area contributed by atoms with Crippen molar-refractivity contribution in [1.29, 1.82) is 0 Å². The quantitative estimate of drug-likeness (QED) is 0.156. The zero-order chi connectivity index (χ0) is 41.8. The first kappa shape index (κ1) is 39.8. The summed E-state index contributed by atoms with van der Waals surface area (Å²) < 4.78 is 34.4. The van der Waals surface area contributed by atoms with Gasteiger partial charge in [0.25, 0.3) is 0 Å². The first-order valence-corrected chi connectivity index (χ1v) is 19.7. The third-order valence-corrected chi connectivity index (χ3v) is 10.4. The normalized spacial score (nSPS) is 14.2. The number of amides is 1. The Bertz CT molecular complexity index is 2630. The molecule has 4 aromatic carbocycles. The summed E-state index contributed by atoms with van der Waals surface area (Å²) in [6.45, 7) is 9.44. The second-order valence-electron chi connectivity index (χ2n) is 14.7. The van der Waals surface area contributed by atoms with Crippen molar-refractivity contribution in [1.82, 2.24) is 35.1 Å². The second kappa shape index (κ2) is 17.5. The molecular formula is C45H43F2N9O4. The summed E-state index contributed by atoms with van der Waals surface area (Å²) in [5.74, 6) is 0.249. The molecule has 3 N–H and O–H groups in total. The molecule has 0 unspecified atom stereocenters. The summed E-state index contributed by atoms with van der Waals surface area (Å²) in [6.07, 6.45) is 2.95. The van der Waals surface area contributed by atoms with Crippen LogP contribution in [-0.2, 0) is 11.3 Å². The minimum Gasteiger partial charge on any atom is -0.507 e. The number of hydrogen-bond acceptors (Lipinski definition) is 12. The average Bonchev–Trinajstić information content (AvgIpc) is 3.25. The highest BCUT2D eigenvalue weighted by molar-refractivity contribution is 5.93. The van der Waals surface area contributed by atoms with Gasteiger partial charge in [-0.15, -0.1) is 0 Å². The highest BCUT2D eigenvalue weighted by Gasteiger charge is 2.26. The number of piperazine rings is 2. The van der Waals surface area contributed by atoms with Crippen molar-refractivity contribution >= 4 is 39.5 Å². The third-order valence-electron chi connectivity index (χ3n) is 10.4. The number of nitrogens with zero attached hydrogens (tertiary/aromatic N) is 8. The van der Waals surface area contributed by atoms with Crippen LogP contribution in [0.15, 0.2) is 97.3 Å². The van der Waals surface area contributed by atoms with Gasteiger partial charge in [-0.1, -0.05) is 30.3 Å². The van der Waals surface area contributed by atoms with Crippen molar-refractivity contribution < 1.29 is 28.5 Å². The largest absolute Gasteiger partial charge is 0.507 e. The number of rotatable bonds is 6. The van der Waals surface area contributed by atoms with Gasteiger partial charge in [-0.25, -0.2) is 33.5 Å². The number of halogens is 2. The number of hydrogen-bond donors (Lipinski definition) is 3. The SMILES string of the molecule is Cc1ccc2c(N3CCN(C(=O)OCc4cccnc4)CC3)nc(-c3c(O)cccc3F)nc2c1.Cc1ccc2c(N3CCNCC3)nc(-c3c(O)cccc3F)nc2c1. The van der Waals surface area contributed by atoms with E-state index in [2.05, 4.69) is 35.1 Å². The second-order valence-corrected chi connectivity index (χ2v) is 14.7. The highest BCUT2D eigenvalue weighted by atomic mass is 19.1. The zero-order valence-electron chi connectivity index (χ0n) is 33.1. The number of aromatic nitrogens is 5. The Morgan fingerprint density at radius 1 is 0.683 bits per heavy atom. The van der Waals surface area contributed by atoms with E-state index in [0.717, 1.165) is 65.0 Å². The van der Waals surface area contributed by atoms with Crippen molar-refractivity contribution in [2.24, 2.45) is 0 Å². The molecule has 7 aromatic rings. The molecule has 2 saturated heterocycles. The fraction of sp³-hybridized carbons (Fsp3) is 0.244. The van der Waals surface area contributed by atoms with Crippen molar-refractivity contribution in [3.05, 3.63) is 126 Å². The van der Waals surface area contributed by atoms with E-state index in [1.807, 2.05) is 61.2 Å². The number of anilines is 2. The Morgan fingerprint density at radius 3 is 1.72 bits per heavy atom. The Morgan fingerprint density at radius 2 is 1.22 bits per heavy atom. The van der Waals surface area contributed by atoms with E-state index < -0.39 is 11.6 Å². The van der Waals surface area contributed by atoms with E-state index in [1.54, 1.807) is 23.4 Å². The topological polar surface area (TPSA) is 153 Å². The lowest BCUT2D eigenvalue weighted by Crippen LogP contribution is -2.49. The van der Waals surface area contributed by atoms with Crippen LogP contribution in [0.5, 0.6) is 11.5 Å². The molecule has 0 aliphatic carbocycles. The molecule has 0 bridgehead atoms. The minimum atomic E-state index is -0.593. The molecule has 2 aliphatic rings. The molecule has 9 rings (SSSR count). The van der Waals surface area contributed by atoms with Crippen LogP contribution in [-0.4, -0.2) is 98.5 Å². The number of carbonyl (C=O) groups is 1. The summed E-state index contributed by atoms with van der Waals surface area (Å²) in [5.41, 5.74) is 4.32. The number of carbonyl (C=O) groups excluding carboxylic acids is 1. The smallest absolute Gasteiger partial charge is 0.410 e. The number of ether oxygens (including phenoxy) is 1. The molecule has 2 fully saturated rings. The molecule has 0 atom stereocenters. The van der Waals surface area contributed by atoms with Crippen LogP contribution in [0.3, 0.4) is 0 Å². The van der Waals surface area contributed by atoms with Gasteiger partial charge >= 0.3 is 6.09 Å². The monoisotopic (exact) mass is 811 g/mol. The van der Waals surface area contributed by atoms with E-state index in [-0.39, 0.29) is 47.0 Å². The number of pyridine rings is 1. The Labute approximate surface area is 345 Å². The lowest BCUT2D eigenvalue weighted by molar-refractivity contribution is 0.0940. The number of aromatic hydroxyl groups is 2. The lowest BCUT2D eigenvalue weighted by Gasteiger charge is -2.35. The predicted octanol–water partition coefficient (Wildman–Crippen LogP) is 7.16. The number of fused-ring (bicyclic) bond motifs is 2. The number of nitrogens with one attached hydrogen (secondary N) is 1. The molecule has 1 amide bonds. The van der Waals surface area contributed by atoms with Crippen molar-refractivity contribution in [2.45, 2.75) is 20.5 Å². The maximum absolute atomic E-state index is 14.6. The molecule has 3 aromatic heterocycles. The summed E-state index contributed by atoms with van der Waals surface area (Å²) in [5, 5.41) is 25.5. The Kier molecular flexibility index (Phi) is 11.6. The molecule has 0 spiro atoms. The van der Waals surface area contributed by atoms with Crippen molar-refractivity contribution in [2.75, 3.05) is 62.2 Å². The Balaban J connectivity index is 0.000000176. The van der Waals surface area contributed by atoms with Gasteiger partial charge < -0.3 is 35.0 Å². The molecule has 2 aliphatic heterocycles. The highest BCUT2D eigenvalue weighted by Crippen LogP contribution is 2.35. The molecule has 5 heterocycles. The van der Waals surface area contributed by atoms with Gasteiger partial charge in [0.15, 0.2) is 11.6 Å². The standard InChI is InChI=1S/C26H24FN5O3.C19H19FN4O/c1-17-7-8-19-21(14-17)29-24(23-20(27)5-2-6-22(23)33)30-25(19)31-10-12-32(13-11-31)26(34)35-16-18-4-3-9-28-15-18;1-12-5-6-13-15(11-12)22-18(17-14(20)3-2-4-16(17)25)23-19(13)24-9-7-21-8-10-24/h2-9,14-15,33H,10-13,16H2,1H3;2-6,11,21,25H,7-10H2,1H3. The first-order valence-electron chi connectivity index (χ1n) is 19.7. The van der Waals surface area contributed by atoms with Gasteiger partial charge in [0.1, 0.15) is 41.4 Å². The zero-order valence-corrected chi connectivity index (χ0v) is 33.1. The first-order chi connectivity index (χ1) is 29.1.